The summed E-state index contributed by atoms with van der Waals surface area (Å²) in [4.78, 5) is 10.8. The third-order valence-corrected chi connectivity index (χ3v) is 4.33. The van der Waals surface area contributed by atoms with Crippen molar-refractivity contribution in [3.8, 4) is 0 Å². The van der Waals surface area contributed by atoms with Gasteiger partial charge in [0.05, 0.1) is 6.61 Å². The lowest BCUT2D eigenvalue weighted by atomic mass is 10.1. The number of hydrogen-bond acceptors (Lipinski definition) is 5. The van der Waals surface area contributed by atoms with Gasteiger partial charge >= 0.3 is 11.2 Å². The van der Waals surface area contributed by atoms with E-state index in [4.69, 9.17) is 0 Å². The van der Waals surface area contributed by atoms with Crippen molar-refractivity contribution in [2.75, 3.05) is 6.61 Å². The minimum absolute atomic E-state index is 0.305. The third-order valence-electron chi connectivity index (χ3n) is 3.53. The van der Waals surface area contributed by atoms with Crippen LogP contribution in [0.1, 0.15) is 77.6 Å². The summed E-state index contributed by atoms with van der Waals surface area (Å²) in [6.45, 7) is 1.87. The molecule has 0 atom stereocenters. The molecule has 0 saturated heterocycles. The van der Waals surface area contributed by atoms with Gasteiger partial charge in [0.15, 0.2) is 10.1 Å². The summed E-state index contributed by atoms with van der Waals surface area (Å²) >= 11 is 0. The first kappa shape index (κ1) is 22.2. The van der Waals surface area contributed by atoms with Crippen LogP contribution in [-0.4, -0.2) is 30.8 Å². The molecule has 0 aliphatic rings. The number of alkyl halides is 2. The van der Waals surface area contributed by atoms with Crippen LogP contribution in [0.4, 0.5) is 8.78 Å². The van der Waals surface area contributed by atoms with Gasteiger partial charge in [-0.3, -0.25) is 0 Å². The fourth-order valence-electron chi connectivity index (χ4n) is 2.12. The van der Waals surface area contributed by atoms with E-state index in [0.29, 0.717) is 12.8 Å². The van der Waals surface area contributed by atoms with Crippen molar-refractivity contribution in [1.29, 1.82) is 0 Å². The monoisotopic (exact) mass is 357 g/mol. The van der Waals surface area contributed by atoms with Crippen molar-refractivity contribution in [3.63, 3.8) is 0 Å². The number of hydrogen-bond donors (Lipinski definition) is 0. The number of carbonyl (C=O) groups is 1. The second-order valence-corrected chi connectivity index (χ2v) is 7.06. The number of unbranched alkanes of at least 4 members (excludes halogenated alkanes) is 10. The molecule has 0 amide bonds. The van der Waals surface area contributed by atoms with Crippen LogP contribution in [0, 0.1) is 0 Å². The highest BCUT2D eigenvalue weighted by Crippen LogP contribution is 2.22. The molecule has 0 aliphatic heterocycles. The summed E-state index contributed by atoms with van der Waals surface area (Å²) in [5.41, 5.74) is 0. The van der Waals surface area contributed by atoms with Crippen LogP contribution in [0.2, 0.25) is 0 Å². The number of esters is 1. The van der Waals surface area contributed by atoms with E-state index in [1.165, 1.54) is 38.5 Å². The Morgan fingerprint density at radius 1 is 0.913 bits per heavy atom. The van der Waals surface area contributed by atoms with Crippen LogP contribution in [0.25, 0.3) is 0 Å². The minimum Gasteiger partial charge on any atom is -0.743 e. The van der Waals surface area contributed by atoms with Gasteiger partial charge in [-0.05, 0) is 6.42 Å². The number of rotatable bonds is 14. The van der Waals surface area contributed by atoms with E-state index in [0.717, 1.165) is 19.3 Å². The Bertz CT molecular complexity index is 424. The lowest BCUT2D eigenvalue weighted by Gasteiger charge is -2.17. The zero-order chi connectivity index (χ0) is 17.8. The second-order valence-electron chi connectivity index (χ2n) is 5.64. The van der Waals surface area contributed by atoms with E-state index in [2.05, 4.69) is 11.7 Å². The van der Waals surface area contributed by atoms with Crippen LogP contribution in [-0.2, 0) is 19.6 Å². The first-order valence-electron chi connectivity index (χ1n) is 8.24. The Morgan fingerprint density at radius 2 is 1.30 bits per heavy atom. The topological polar surface area (TPSA) is 83.5 Å². The molecule has 0 bridgehead atoms. The molecule has 0 radical (unpaired) electrons. The average Bonchev–Trinajstić information content (AvgIpc) is 2.47. The molecule has 0 aromatic carbocycles. The van der Waals surface area contributed by atoms with Gasteiger partial charge < -0.3 is 9.29 Å². The SMILES string of the molecule is CCCCCCCCCCCCCOC(=O)C(F)(F)S(=O)(=O)[O-]. The van der Waals surface area contributed by atoms with Gasteiger partial charge in [0, 0.05) is 0 Å². The molecule has 0 fully saturated rings. The van der Waals surface area contributed by atoms with Crippen molar-refractivity contribution in [2.45, 2.75) is 82.8 Å². The lowest BCUT2D eigenvalue weighted by molar-refractivity contribution is -0.161. The largest absolute Gasteiger partial charge is 0.743 e. The normalized spacial score (nSPS) is 12.3. The molecule has 0 saturated carbocycles. The van der Waals surface area contributed by atoms with Gasteiger partial charge in [0.1, 0.15) is 0 Å². The molecule has 23 heavy (non-hydrogen) atoms. The molecular formula is C15H27F2O5S-. The molecule has 0 aromatic rings. The molecule has 0 rings (SSSR count). The van der Waals surface area contributed by atoms with Crippen molar-refractivity contribution >= 4 is 16.1 Å². The molecular weight excluding hydrogens is 330 g/mol. The van der Waals surface area contributed by atoms with Crippen molar-refractivity contribution in [1.82, 2.24) is 0 Å². The van der Waals surface area contributed by atoms with Gasteiger partial charge in [0.25, 0.3) is 0 Å². The van der Waals surface area contributed by atoms with Gasteiger partial charge in [0.2, 0.25) is 0 Å². The summed E-state index contributed by atoms with van der Waals surface area (Å²) in [7, 11) is -6.03. The fraction of sp³-hybridized carbons (Fsp3) is 0.933. The maximum absolute atomic E-state index is 12.8. The predicted molar refractivity (Wildman–Crippen MR) is 82.1 cm³/mol. The van der Waals surface area contributed by atoms with E-state index in [9.17, 15) is 26.5 Å². The first-order chi connectivity index (χ1) is 10.7. The third kappa shape index (κ3) is 9.86. The Labute approximate surface area is 137 Å². The zero-order valence-corrected chi connectivity index (χ0v) is 14.5. The van der Waals surface area contributed by atoms with Crippen LogP contribution in [0.3, 0.4) is 0 Å². The van der Waals surface area contributed by atoms with Gasteiger partial charge in [-0.15, -0.1) is 0 Å². The first-order valence-corrected chi connectivity index (χ1v) is 9.64. The molecule has 0 heterocycles. The van der Waals surface area contributed by atoms with Crippen molar-refractivity contribution in [2.24, 2.45) is 0 Å². The van der Waals surface area contributed by atoms with Gasteiger partial charge in [-0.25, -0.2) is 13.2 Å². The highest BCUT2D eigenvalue weighted by molar-refractivity contribution is 7.87. The second kappa shape index (κ2) is 11.7. The molecule has 0 spiro atoms. The van der Waals surface area contributed by atoms with Crippen LogP contribution < -0.4 is 0 Å². The Hall–Kier alpha value is -0.760. The average molecular weight is 357 g/mol. The van der Waals surface area contributed by atoms with Crippen LogP contribution in [0.15, 0.2) is 0 Å². The Kier molecular flexibility index (Phi) is 11.3. The van der Waals surface area contributed by atoms with E-state index < -0.39 is 21.3 Å². The molecule has 5 nitrogen and oxygen atoms in total. The van der Waals surface area contributed by atoms with Crippen molar-refractivity contribution in [3.05, 3.63) is 0 Å². The van der Waals surface area contributed by atoms with Crippen molar-refractivity contribution < 1.29 is 31.3 Å². The van der Waals surface area contributed by atoms with Gasteiger partial charge in [-0.2, -0.15) is 8.78 Å². The smallest absolute Gasteiger partial charge is 0.428 e. The summed E-state index contributed by atoms with van der Waals surface area (Å²) in [5, 5.41) is -5.01. The maximum atomic E-state index is 12.8. The highest BCUT2D eigenvalue weighted by Gasteiger charge is 2.48. The summed E-state index contributed by atoms with van der Waals surface area (Å²) in [6, 6.07) is 0. The van der Waals surface area contributed by atoms with Crippen LogP contribution >= 0.6 is 0 Å². The molecule has 0 aromatic heterocycles. The highest BCUT2D eigenvalue weighted by atomic mass is 32.2. The molecule has 8 heteroatoms. The standard InChI is InChI=1S/C15H28F2O5S/c1-2-3-4-5-6-7-8-9-10-11-12-13-22-14(18)15(16,17)23(19,20)21/h2-13H2,1H3,(H,19,20,21)/p-1. The predicted octanol–water partition coefficient (Wildman–Crippen LogP) is 3.98. The minimum atomic E-state index is -6.03. The zero-order valence-electron chi connectivity index (χ0n) is 13.7. The van der Waals surface area contributed by atoms with Gasteiger partial charge in [-0.1, -0.05) is 71.1 Å². The van der Waals surface area contributed by atoms with E-state index in [1.54, 1.807) is 0 Å². The summed E-state index contributed by atoms with van der Waals surface area (Å²) in [5.74, 6) is -2.29. The molecule has 0 unspecified atom stereocenters. The Morgan fingerprint density at radius 3 is 1.70 bits per heavy atom. The van der Waals surface area contributed by atoms with E-state index in [1.807, 2.05) is 0 Å². The quantitative estimate of drug-likeness (QED) is 0.267. The number of carbonyl (C=O) groups excluding carboxylic acids is 1. The molecule has 0 N–H and O–H groups in total. The molecule has 0 aliphatic carbocycles. The van der Waals surface area contributed by atoms with E-state index in [-0.39, 0.29) is 6.61 Å². The Balaban J connectivity index is 3.52. The van der Waals surface area contributed by atoms with Crippen LogP contribution in [0.5, 0.6) is 0 Å². The van der Waals surface area contributed by atoms with E-state index >= 15 is 0 Å². The maximum Gasteiger partial charge on any atom is 0.428 e. The summed E-state index contributed by atoms with van der Waals surface area (Å²) < 4.78 is 60.3. The fourth-order valence-corrected chi connectivity index (χ4v) is 2.38. The lowest BCUT2D eigenvalue weighted by Crippen LogP contribution is -2.39. The number of ether oxygens (including phenoxy) is 1. The summed E-state index contributed by atoms with van der Waals surface area (Å²) in [6.07, 6.45) is 11.6. The molecule has 138 valence electrons. The number of halogens is 2.